The molecule has 7 heteroatoms. The first-order valence-electron chi connectivity index (χ1n) is 6.93. The monoisotopic (exact) mass is 310 g/mol. The number of non-ortho nitro benzene ring substituents is 1. The van der Waals surface area contributed by atoms with E-state index in [0.717, 1.165) is 25.1 Å². The van der Waals surface area contributed by atoms with Gasteiger partial charge in [0.25, 0.3) is 5.69 Å². The van der Waals surface area contributed by atoms with Crippen molar-refractivity contribution in [2.45, 2.75) is 11.8 Å². The van der Waals surface area contributed by atoms with E-state index in [9.17, 15) is 14.9 Å². The van der Waals surface area contributed by atoms with Crippen molar-refractivity contribution in [3.63, 3.8) is 0 Å². The fraction of sp³-hybridized carbons (Fsp3) is 0.500. The summed E-state index contributed by atoms with van der Waals surface area (Å²) in [6, 6.07) is 6.50. The molecule has 1 N–H and O–H groups in total. The van der Waals surface area contributed by atoms with Crippen LogP contribution >= 0.6 is 11.8 Å². The van der Waals surface area contributed by atoms with Crippen LogP contribution in [0.4, 0.5) is 5.69 Å². The van der Waals surface area contributed by atoms with Crippen LogP contribution in [0.15, 0.2) is 24.3 Å². The van der Waals surface area contributed by atoms with Crippen LogP contribution < -0.4 is 4.90 Å². The third-order valence-corrected chi connectivity index (χ3v) is 4.69. The molecule has 2 rings (SSSR count). The van der Waals surface area contributed by atoms with Crippen LogP contribution in [-0.2, 0) is 4.79 Å². The van der Waals surface area contributed by atoms with Gasteiger partial charge < -0.3 is 9.80 Å². The van der Waals surface area contributed by atoms with Crippen molar-refractivity contribution in [1.82, 2.24) is 4.90 Å². The molecule has 6 nitrogen and oxygen atoms in total. The summed E-state index contributed by atoms with van der Waals surface area (Å²) in [6.07, 6.45) is 0.956. The molecule has 0 aromatic heterocycles. The molecule has 0 spiro atoms. The average Bonchev–Trinajstić information content (AvgIpc) is 2.80. The molecule has 21 heavy (non-hydrogen) atoms. The van der Waals surface area contributed by atoms with Gasteiger partial charge in [0.2, 0.25) is 5.91 Å². The third-order valence-electron chi connectivity index (χ3n) is 3.43. The summed E-state index contributed by atoms with van der Waals surface area (Å²) in [5, 5.41) is 10.7. The molecule has 1 atom stereocenters. The highest BCUT2D eigenvalue weighted by Gasteiger charge is 2.32. The molecule has 1 fully saturated rings. The van der Waals surface area contributed by atoms with Crippen molar-refractivity contribution >= 4 is 23.4 Å². The number of thioether (sulfide) groups is 1. The Morgan fingerprint density at radius 3 is 2.62 bits per heavy atom. The molecular formula is C14H20N3O3S+. The molecule has 1 aromatic rings. The molecule has 1 amide bonds. The minimum absolute atomic E-state index is 0.0181. The lowest BCUT2D eigenvalue weighted by atomic mass is 10.2. The number of hydrogen-bond acceptors (Lipinski definition) is 4. The van der Waals surface area contributed by atoms with Gasteiger partial charge >= 0.3 is 0 Å². The molecule has 114 valence electrons. The summed E-state index contributed by atoms with van der Waals surface area (Å²) in [5.74, 6) is 0.633. The van der Waals surface area contributed by atoms with Gasteiger partial charge in [0.1, 0.15) is 5.37 Å². The van der Waals surface area contributed by atoms with Crippen LogP contribution in [-0.4, -0.2) is 48.7 Å². The van der Waals surface area contributed by atoms with E-state index in [1.54, 1.807) is 23.9 Å². The largest absolute Gasteiger partial charge is 0.340 e. The molecule has 0 aliphatic carbocycles. The Bertz CT molecular complexity index is 519. The molecule has 1 aliphatic heterocycles. The molecule has 0 saturated carbocycles. The number of nitrogens with zero attached hydrogens (tertiary/aromatic N) is 2. The second kappa shape index (κ2) is 6.91. The van der Waals surface area contributed by atoms with Crippen molar-refractivity contribution < 1.29 is 14.6 Å². The Kier molecular flexibility index (Phi) is 5.19. The highest BCUT2D eigenvalue weighted by atomic mass is 32.2. The minimum Gasteiger partial charge on any atom is -0.340 e. The van der Waals surface area contributed by atoms with Gasteiger partial charge in [-0.15, -0.1) is 11.8 Å². The summed E-state index contributed by atoms with van der Waals surface area (Å²) >= 11 is 1.58. The Hall–Kier alpha value is -1.60. The highest BCUT2D eigenvalue weighted by Crippen LogP contribution is 2.38. The topological polar surface area (TPSA) is 67.9 Å². The number of carbonyl (C=O) groups is 1. The zero-order chi connectivity index (χ0) is 15.4. The molecule has 1 heterocycles. The maximum absolute atomic E-state index is 12.0. The fourth-order valence-electron chi connectivity index (χ4n) is 2.34. The summed E-state index contributed by atoms with van der Waals surface area (Å²) in [7, 11) is 4.18. The van der Waals surface area contributed by atoms with E-state index in [-0.39, 0.29) is 17.0 Å². The number of rotatable bonds is 6. The fourth-order valence-corrected chi connectivity index (χ4v) is 3.55. The molecule has 0 radical (unpaired) electrons. The van der Waals surface area contributed by atoms with Gasteiger partial charge in [-0.05, 0) is 17.7 Å². The second-order valence-electron chi connectivity index (χ2n) is 5.41. The van der Waals surface area contributed by atoms with E-state index < -0.39 is 4.92 Å². The first-order chi connectivity index (χ1) is 9.99. The van der Waals surface area contributed by atoms with Gasteiger partial charge in [-0.1, -0.05) is 0 Å². The minimum atomic E-state index is -0.408. The summed E-state index contributed by atoms with van der Waals surface area (Å²) in [5.41, 5.74) is 1.03. The zero-order valence-electron chi connectivity index (χ0n) is 12.2. The van der Waals surface area contributed by atoms with E-state index in [0.29, 0.717) is 5.75 Å². The third kappa shape index (κ3) is 3.95. The molecule has 1 aliphatic rings. The normalized spacial score (nSPS) is 18.5. The number of nitro benzene ring substituents is 1. The smallest absolute Gasteiger partial charge is 0.269 e. The summed E-state index contributed by atoms with van der Waals surface area (Å²) in [4.78, 5) is 25.5. The zero-order valence-corrected chi connectivity index (χ0v) is 13.1. The summed E-state index contributed by atoms with van der Waals surface area (Å²) in [6.45, 7) is 1.75. The van der Waals surface area contributed by atoms with Crippen molar-refractivity contribution in [3.05, 3.63) is 39.9 Å². The Labute approximate surface area is 128 Å². The Morgan fingerprint density at radius 2 is 2.05 bits per heavy atom. The van der Waals surface area contributed by atoms with Crippen LogP contribution in [0.5, 0.6) is 0 Å². The van der Waals surface area contributed by atoms with E-state index in [1.807, 2.05) is 4.90 Å². The number of nitrogens with one attached hydrogen (secondary N) is 1. The maximum atomic E-state index is 12.0. The van der Waals surface area contributed by atoms with E-state index in [1.165, 1.54) is 17.0 Å². The molecular weight excluding hydrogens is 290 g/mol. The summed E-state index contributed by atoms with van der Waals surface area (Å²) < 4.78 is 0. The SMILES string of the molecule is C[NH+](C)CCCN1C(=O)CS[C@@H]1c1ccc([N+](=O)[O-])cc1. The Balaban J connectivity index is 2.06. The highest BCUT2D eigenvalue weighted by molar-refractivity contribution is 8.00. The maximum Gasteiger partial charge on any atom is 0.269 e. The predicted molar refractivity (Wildman–Crippen MR) is 82.3 cm³/mol. The first-order valence-corrected chi connectivity index (χ1v) is 7.98. The molecule has 0 bridgehead atoms. The van der Waals surface area contributed by atoms with E-state index in [2.05, 4.69) is 14.1 Å². The van der Waals surface area contributed by atoms with Gasteiger partial charge in [-0.2, -0.15) is 0 Å². The van der Waals surface area contributed by atoms with Gasteiger partial charge in [-0.3, -0.25) is 14.9 Å². The predicted octanol–water partition coefficient (Wildman–Crippen LogP) is 0.703. The van der Waals surface area contributed by atoms with Gasteiger partial charge in [0, 0.05) is 25.1 Å². The Morgan fingerprint density at radius 1 is 1.38 bits per heavy atom. The van der Waals surface area contributed by atoms with Crippen molar-refractivity contribution in [1.29, 1.82) is 0 Å². The first kappa shape index (κ1) is 15.8. The number of hydrogen-bond donors (Lipinski definition) is 1. The van der Waals surface area contributed by atoms with Crippen LogP contribution in [0.2, 0.25) is 0 Å². The van der Waals surface area contributed by atoms with Crippen molar-refractivity contribution in [2.75, 3.05) is 32.9 Å². The lowest BCUT2D eigenvalue weighted by Gasteiger charge is -2.24. The lowest BCUT2D eigenvalue weighted by Crippen LogP contribution is -3.05. The van der Waals surface area contributed by atoms with Crippen molar-refractivity contribution in [3.8, 4) is 0 Å². The number of quaternary nitrogens is 1. The number of amides is 1. The van der Waals surface area contributed by atoms with Crippen molar-refractivity contribution in [2.24, 2.45) is 0 Å². The number of nitro groups is 1. The van der Waals surface area contributed by atoms with Gasteiger partial charge in [0.05, 0.1) is 31.3 Å². The van der Waals surface area contributed by atoms with Gasteiger partial charge in [-0.25, -0.2) is 0 Å². The quantitative estimate of drug-likeness (QED) is 0.620. The number of benzene rings is 1. The van der Waals surface area contributed by atoms with E-state index in [4.69, 9.17) is 0 Å². The molecule has 1 saturated heterocycles. The molecule has 0 unspecified atom stereocenters. The second-order valence-corrected chi connectivity index (χ2v) is 6.48. The van der Waals surface area contributed by atoms with Crippen LogP contribution in [0.25, 0.3) is 0 Å². The van der Waals surface area contributed by atoms with Crippen LogP contribution in [0, 0.1) is 10.1 Å². The van der Waals surface area contributed by atoms with Crippen LogP contribution in [0.3, 0.4) is 0 Å². The van der Waals surface area contributed by atoms with E-state index >= 15 is 0 Å². The van der Waals surface area contributed by atoms with Crippen LogP contribution in [0.1, 0.15) is 17.4 Å². The lowest BCUT2D eigenvalue weighted by molar-refractivity contribution is -0.858. The van der Waals surface area contributed by atoms with Gasteiger partial charge in [0.15, 0.2) is 0 Å². The molecule has 1 aromatic carbocycles. The standard InChI is InChI=1S/C14H19N3O3S/c1-15(2)8-3-9-16-13(18)10-21-14(16)11-4-6-12(7-5-11)17(19)20/h4-7,14H,3,8-10H2,1-2H3/p+1/t14-/m1/s1. The number of carbonyl (C=O) groups excluding carboxylic acids is 1. The average molecular weight is 310 g/mol.